The molecule has 0 aliphatic carbocycles. The quantitative estimate of drug-likeness (QED) is 0.217. The summed E-state index contributed by atoms with van der Waals surface area (Å²) in [6.45, 7) is 0. The van der Waals surface area contributed by atoms with Gasteiger partial charge in [-0.1, -0.05) is 24.3 Å². The second-order valence-corrected chi connectivity index (χ2v) is 9.12. The molecule has 0 bridgehead atoms. The Labute approximate surface area is 225 Å². The topological polar surface area (TPSA) is 118 Å². The van der Waals surface area contributed by atoms with Crippen molar-refractivity contribution in [2.75, 3.05) is 21.3 Å². The Morgan fingerprint density at radius 3 is 2.00 bits per heavy atom. The molecule has 8 heteroatoms. The second-order valence-electron chi connectivity index (χ2n) is 9.12. The molecule has 8 nitrogen and oxygen atoms in total. The molecule has 0 spiro atoms. The zero-order valence-corrected chi connectivity index (χ0v) is 21.6. The van der Waals surface area contributed by atoms with Gasteiger partial charge in [0.2, 0.25) is 0 Å². The molecule has 1 aliphatic heterocycles. The molecule has 5 rings (SSSR count). The van der Waals surface area contributed by atoms with Crippen LogP contribution in [0.25, 0.3) is 12.2 Å². The van der Waals surface area contributed by atoms with Gasteiger partial charge in [0, 0.05) is 17.7 Å². The smallest absolute Gasteiger partial charge is 0.161 e. The van der Waals surface area contributed by atoms with Crippen molar-refractivity contribution in [1.82, 2.24) is 0 Å². The van der Waals surface area contributed by atoms with E-state index < -0.39 is 12.0 Å². The summed E-state index contributed by atoms with van der Waals surface area (Å²) in [6.07, 6.45) is 3.21. The van der Waals surface area contributed by atoms with Crippen LogP contribution in [0, 0.1) is 0 Å². The van der Waals surface area contributed by atoms with E-state index in [0.29, 0.717) is 28.6 Å². The number of hydrogen-bond acceptors (Lipinski definition) is 8. The minimum atomic E-state index is -0.580. The summed E-state index contributed by atoms with van der Waals surface area (Å²) in [7, 11) is 4.53. The first kappa shape index (κ1) is 25.7. The summed E-state index contributed by atoms with van der Waals surface area (Å²) in [5.41, 5.74) is 3.77. The number of aromatic hydroxyl groups is 4. The lowest BCUT2D eigenvalue weighted by Gasteiger charge is -2.22. The van der Waals surface area contributed by atoms with E-state index in [1.807, 2.05) is 18.2 Å². The molecule has 39 heavy (non-hydrogen) atoms. The van der Waals surface area contributed by atoms with E-state index in [2.05, 4.69) is 0 Å². The first-order valence-electron chi connectivity index (χ1n) is 12.1. The highest BCUT2D eigenvalue weighted by molar-refractivity contribution is 5.76. The highest BCUT2D eigenvalue weighted by Gasteiger charge is 2.39. The predicted octanol–water partition coefficient (Wildman–Crippen LogP) is 5.97. The van der Waals surface area contributed by atoms with Gasteiger partial charge in [0.25, 0.3) is 0 Å². The molecule has 0 saturated carbocycles. The Kier molecular flexibility index (Phi) is 6.85. The summed E-state index contributed by atoms with van der Waals surface area (Å²) >= 11 is 0. The van der Waals surface area contributed by atoms with Crippen LogP contribution in [0.1, 0.15) is 39.8 Å². The number of hydrogen-bond donors (Lipinski definition) is 4. The molecule has 0 unspecified atom stereocenters. The van der Waals surface area contributed by atoms with Crippen LogP contribution in [-0.2, 0) is 0 Å². The average Bonchev–Trinajstić information content (AvgIpc) is 3.31. The zero-order valence-electron chi connectivity index (χ0n) is 21.6. The van der Waals surface area contributed by atoms with Crippen LogP contribution in [-0.4, -0.2) is 41.8 Å². The molecule has 4 N–H and O–H groups in total. The van der Waals surface area contributed by atoms with Gasteiger partial charge < -0.3 is 39.4 Å². The molecular weight excluding hydrogens is 500 g/mol. The molecule has 0 fully saturated rings. The van der Waals surface area contributed by atoms with Crippen LogP contribution in [0.2, 0.25) is 0 Å². The number of ether oxygens (including phenoxy) is 4. The van der Waals surface area contributed by atoms with Gasteiger partial charge in [-0.3, -0.25) is 0 Å². The van der Waals surface area contributed by atoms with Crippen LogP contribution in [0.4, 0.5) is 0 Å². The number of phenols is 4. The Balaban J connectivity index is 1.69. The third-order valence-corrected chi connectivity index (χ3v) is 6.73. The maximum atomic E-state index is 10.3. The summed E-state index contributed by atoms with van der Waals surface area (Å²) in [6, 6.07) is 18.2. The lowest BCUT2D eigenvalue weighted by Crippen LogP contribution is -2.12. The fraction of sp³-hybridized carbons (Fsp3) is 0.161. The van der Waals surface area contributed by atoms with Crippen LogP contribution in [0.15, 0.2) is 66.7 Å². The molecule has 0 aromatic heterocycles. The SMILES string of the molecule is COc1cc(/C=C/c2ccc(O)c(OC)c2)c2c(c1)O[C@H](c1ccc(O)c(OC)c1)[C@H]2c1cc(O)cc(O)c1. The predicted molar refractivity (Wildman–Crippen MR) is 146 cm³/mol. The van der Waals surface area contributed by atoms with Crippen molar-refractivity contribution in [3.8, 4) is 46.0 Å². The first-order valence-corrected chi connectivity index (χ1v) is 12.1. The summed E-state index contributed by atoms with van der Waals surface area (Å²) < 4.78 is 22.6. The number of fused-ring (bicyclic) bond motifs is 1. The maximum absolute atomic E-state index is 10.3. The molecule has 1 heterocycles. The fourth-order valence-corrected chi connectivity index (χ4v) is 4.92. The molecule has 4 aromatic rings. The van der Waals surface area contributed by atoms with Crippen molar-refractivity contribution in [3.63, 3.8) is 0 Å². The van der Waals surface area contributed by atoms with Crippen LogP contribution < -0.4 is 18.9 Å². The lowest BCUT2D eigenvalue weighted by molar-refractivity contribution is 0.220. The highest BCUT2D eigenvalue weighted by Crippen LogP contribution is 2.54. The van der Waals surface area contributed by atoms with E-state index in [1.54, 1.807) is 55.6 Å². The van der Waals surface area contributed by atoms with Crippen LogP contribution in [0.5, 0.6) is 46.0 Å². The molecule has 0 radical (unpaired) electrons. The van der Waals surface area contributed by atoms with Gasteiger partial charge in [-0.05, 0) is 64.7 Å². The minimum Gasteiger partial charge on any atom is -0.508 e. The van der Waals surface area contributed by atoms with E-state index in [4.69, 9.17) is 18.9 Å². The van der Waals surface area contributed by atoms with Gasteiger partial charge in [-0.15, -0.1) is 0 Å². The number of phenolic OH excluding ortho intramolecular Hbond substituents is 4. The van der Waals surface area contributed by atoms with E-state index in [0.717, 1.165) is 22.3 Å². The van der Waals surface area contributed by atoms with Crippen LogP contribution >= 0.6 is 0 Å². The van der Waals surface area contributed by atoms with Gasteiger partial charge >= 0.3 is 0 Å². The Morgan fingerprint density at radius 2 is 1.33 bits per heavy atom. The third kappa shape index (κ3) is 4.96. The van der Waals surface area contributed by atoms with Gasteiger partial charge in [0.1, 0.15) is 29.1 Å². The third-order valence-electron chi connectivity index (χ3n) is 6.73. The summed E-state index contributed by atoms with van der Waals surface area (Å²) in [5.74, 6) is 1.23. The molecule has 0 saturated heterocycles. The van der Waals surface area contributed by atoms with E-state index >= 15 is 0 Å². The van der Waals surface area contributed by atoms with Gasteiger partial charge in [0.05, 0.1) is 27.2 Å². The second kappa shape index (κ2) is 10.4. The normalized spacial score (nSPS) is 16.1. The average molecular weight is 529 g/mol. The van der Waals surface area contributed by atoms with Crippen molar-refractivity contribution in [1.29, 1.82) is 0 Å². The van der Waals surface area contributed by atoms with Gasteiger partial charge in [-0.25, -0.2) is 0 Å². The summed E-state index contributed by atoms with van der Waals surface area (Å²) in [5, 5.41) is 40.8. The maximum Gasteiger partial charge on any atom is 0.161 e. The number of methoxy groups -OCH3 is 3. The van der Waals surface area contributed by atoms with E-state index in [1.165, 1.54) is 26.4 Å². The standard InChI is InChI=1S/C31H28O8/c1-36-23-13-18(6-4-17-5-8-24(34)26(10-17)37-2)29-28(16-23)39-31(19-7-9-25(35)27(14-19)38-3)30(29)20-11-21(32)15-22(33)12-20/h4-16,30-35H,1-3H3/b6-4+/t30-,31+/m0/s1. The minimum absolute atomic E-state index is 0.00192. The zero-order chi connectivity index (χ0) is 27.7. The Morgan fingerprint density at radius 1 is 0.667 bits per heavy atom. The van der Waals surface area contributed by atoms with Crippen molar-refractivity contribution >= 4 is 12.2 Å². The largest absolute Gasteiger partial charge is 0.508 e. The van der Waals surface area contributed by atoms with Gasteiger partial charge in [0.15, 0.2) is 23.0 Å². The van der Waals surface area contributed by atoms with Crippen LogP contribution in [0.3, 0.4) is 0 Å². The Bertz CT molecular complexity index is 1540. The van der Waals surface area contributed by atoms with Crippen molar-refractivity contribution in [2.24, 2.45) is 0 Å². The van der Waals surface area contributed by atoms with Crippen molar-refractivity contribution in [3.05, 3.63) is 94.5 Å². The molecule has 1 aliphatic rings. The Hall–Kier alpha value is -4.98. The summed E-state index contributed by atoms with van der Waals surface area (Å²) in [4.78, 5) is 0. The first-order chi connectivity index (χ1) is 18.8. The molecule has 0 amide bonds. The van der Waals surface area contributed by atoms with E-state index in [-0.39, 0.29) is 23.0 Å². The van der Waals surface area contributed by atoms with Gasteiger partial charge in [-0.2, -0.15) is 0 Å². The molecular formula is C31H28O8. The number of benzene rings is 4. The lowest BCUT2D eigenvalue weighted by atomic mass is 9.82. The number of rotatable bonds is 7. The molecule has 2 atom stereocenters. The molecule has 200 valence electrons. The van der Waals surface area contributed by atoms with Crippen molar-refractivity contribution in [2.45, 2.75) is 12.0 Å². The van der Waals surface area contributed by atoms with E-state index in [9.17, 15) is 20.4 Å². The fourth-order valence-electron chi connectivity index (χ4n) is 4.92. The van der Waals surface area contributed by atoms with Crippen molar-refractivity contribution < 1.29 is 39.4 Å². The highest BCUT2D eigenvalue weighted by atomic mass is 16.5. The molecule has 4 aromatic carbocycles. The monoisotopic (exact) mass is 528 g/mol.